The van der Waals surface area contributed by atoms with Crippen molar-refractivity contribution in [2.75, 3.05) is 7.11 Å². The van der Waals surface area contributed by atoms with Crippen molar-refractivity contribution in [3.8, 4) is 11.3 Å². The first-order valence-corrected chi connectivity index (χ1v) is 10.3. The lowest BCUT2D eigenvalue weighted by atomic mass is 9.65. The highest BCUT2D eigenvalue weighted by molar-refractivity contribution is 6.48. The molecule has 1 saturated heterocycles. The maximum atomic E-state index is 12.4. The summed E-state index contributed by atoms with van der Waals surface area (Å²) in [7, 11) is 0.840. The number of aromatic nitrogens is 1. The number of aromatic amines is 1. The van der Waals surface area contributed by atoms with Gasteiger partial charge in [-0.15, -0.1) is 0 Å². The zero-order valence-electron chi connectivity index (χ0n) is 18.2. The summed E-state index contributed by atoms with van der Waals surface area (Å²) in [4.78, 5) is 16.0. The molecule has 1 aliphatic heterocycles. The molecule has 3 aromatic rings. The highest BCUT2D eigenvalue weighted by atomic mass is 16.7. The van der Waals surface area contributed by atoms with Crippen LogP contribution in [0.2, 0.25) is 0 Å². The minimum absolute atomic E-state index is 0.162. The van der Waals surface area contributed by atoms with Gasteiger partial charge in [0, 0.05) is 22.4 Å². The summed E-state index contributed by atoms with van der Waals surface area (Å²) in [5.41, 5.74) is 3.06. The van der Waals surface area contributed by atoms with Gasteiger partial charge in [0.05, 0.1) is 24.7 Å². The average molecular weight is 405 g/mol. The number of H-pyrrole nitrogens is 1. The van der Waals surface area contributed by atoms with Crippen molar-refractivity contribution < 1.29 is 18.8 Å². The van der Waals surface area contributed by atoms with E-state index in [4.69, 9.17) is 14.0 Å². The number of benzene rings is 2. The van der Waals surface area contributed by atoms with Gasteiger partial charge in [-0.3, -0.25) is 4.79 Å². The Hall–Kier alpha value is -2.57. The summed E-state index contributed by atoms with van der Waals surface area (Å²) >= 11 is 0. The SMILES string of the molecule is COC(=O)CC(B1OC(C)(C)C(C)(C)O1)c1c(-c2ccccc2)[nH]c2ccccc12. The van der Waals surface area contributed by atoms with Crippen LogP contribution in [0.3, 0.4) is 0 Å². The predicted octanol–water partition coefficient (Wildman–Crippen LogP) is 5.11. The Morgan fingerprint density at radius 2 is 1.60 bits per heavy atom. The van der Waals surface area contributed by atoms with Crippen LogP contribution in [0.15, 0.2) is 54.6 Å². The van der Waals surface area contributed by atoms with Crippen molar-refractivity contribution in [2.24, 2.45) is 0 Å². The van der Waals surface area contributed by atoms with Gasteiger partial charge in [-0.2, -0.15) is 0 Å². The number of ether oxygens (including phenoxy) is 1. The molecule has 1 aromatic heterocycles. The van der Waals surface area contributed by atoms with Crippen LogP contribution in [0.5, 0.6) is 0 Å². The van der Waals surface area contributed by atoms with E-state index in [-0.39, 0.29) is 18.2 Å². The summed E-state index contributed by atoms with van der Waals surface area (Å²) in [6.45, 7) is 8.09. The van der Waals surface area contributed by atoms with E-state index in [2.05, 4.69) is 23.2 Å². The van der Waals surface area contributed by atoms with Gasteiger partial charge in [0.1, 0.15) is 0 Å². The second-order valence-electron chi connectivity index (χ2n) is 8.84. The van der Waals surface area contributed by atoms with Crippen molar-refractivity contribution in [2.45, 2.75) is 51.1 Å². The lowest BCUT2D eigenvalue weighted by molar-refractivity contribution is -0.140. The second kappa shape index (κ2) is 7.60. The number of carbonyl (C=O) groups excluding carboxylic acids is 1. The van der Waals surface area contributed by atoms with Gasteiger partial charge < -0.3 is 19.0 Å². The van der Waals surface area contributed by atoms with Crippen LogP contribution in [-0.2, 0) is 18.8 Å². The number of fused-ring (bicyclic) bond motifs is 1. The molecule has 1 N–H and O–H groups in total. The minimum atomic E-state index is -0.573. The number of nitrogens with one attached hydrogen (secondary N) is 1. The highest BCUT2D eigenvalue weighted by Crippen LogP contribution is 2.45. The molecule has 1 fully saturated rings. The number of hydrogen-bond acceptors (Lipinski definition) is 4. The molecule has 156 valence electrons. The van der Waals surface area contributed by atoms with Crippen LogP contribution in [0, 0.1) is 0 Å². The average Bonchev–Trinajstić information content (AvgIpc) is 3.20. The normalized spacial score (nSPS) is 18.5. The quantitative estimate of drug-likeness (QED) is 0.473. The predicted molar refractivity (Wildman–Crippen MR) is 119 cm³/mol. The Balaban J connectivity index is 1.90. The van der Waals surface area contributed by atoms with E-state index < -0.39 is 18.3 Å². The first-order valence-electron chi connectivity index (χ1n) is 10.3. The van der Waals surface area contributed by atoms with Crippen molar-refractivity contribution in [3.63, 3.8) is 0 Å². The van der Waals surface area contributed by atoms with Crippen LogP contribution in [-0.4, -0.2) is 36.4 Å². The molecule has 0 radical (unpaired) electrons. The van der Waals surface area contributed by atoms with Gasteiger partial charge in [0.2, 0.25) is 0 Å². The fraction of sp³-hybridized carbons (Fsp3) is 0.375. The first kappa shape index (κ1) is 20.7. The fourth-order valence-corrected chi connectivity index (χ4v) is 4.03. The molecule has 1 unspecified atom stereocenters. The maximum absolute atomic E-state index is 12.4. The van der Waals surface area contributed by atoms with E-state index in [9.17, 15) is 4.79 Å². The lowest BCUT2D eigenvalue weighted by Gasteiger charge is -2.32. The standard InChI is InChI=1S/C24H28BNO4/c1-23(2)24(3,4)30-25(29-23)18(15-20(27)28-5)21-17-13-9-10-14-19(17)26-22(21)16-11-7-6-8-12-16/h6-14,18,26H,15H2,1-5H3. The Morgan fingerprint density at radius 3 is 2.23 bits per heavy atom. The molecular formula is C24H28BNO4. The smallest absolute Gasteiger partial charge is 0.466 e. The van der Waals surface area contributed by atoms with E-state index in [0.717, 1.165) is 27.7 Å². The Morgan fingerprint density at radius 1 is 1.00 bits per heavy atom. The number of methoxy groups -OCH3 is 1. The van der Waals surface area contributed by atoms with E-state index >= 15 is 0 Å². The summed E-state index contributed by atoms with van der Waals surface area (Å²) in [6, 6.07) is 18.3. The topological polar surface area (TPSA) is 60.6 Å². The molecule has 2 heterocycles. The van der Waals surface area contributed by atoms with Crippen LogP contribution in [0.4, 0.5) is 0 Å². The molecule has 0 saturated carbocycles. The van der Waals surface area contributed by atoms with E-state index in [1.807, 2.05) is 64.1 Å². The third-order valence-corrected chi connectivity index (χ3v) is 6.39. The monoisotopic (exact) mass is 405 g/mol. The molecule has 1 aliphatic rings. The van der Waals surface area contributed by atoms with Crippen molar-refractivity contribution in [1.82, 2.24) is 4.98 Å². The molecule has 4 rings (SSSR count). The van der Waals surface area contributed by atoms with E-state index in [0.29, 0.717) is 0 Å². The largest absolute Gasteiger partial charge is 0.469 e. The number of rotatable bonds is 5. The van der Waals surface area contributed by atoms with Crippen molar-refractivity contribution >= 4 is 24.0 Å². The van der Waals surface area contributed by atoms with Gasteiger partial charge in [-0.1, -0.05) is 48.5 Å². The van der Waals surface area contributed by atoms with Gasteiger partial charge in [0.15, 0.2) is 0 Å². The summed E-state index contributed by atoms with van der Waals surface area (Å²) in [5, 5.41) is 1.06. The molecule has 0 amide bonds. The Kier molecular flexibility index (Phi) is 5.24. The summed E-state index contributed by atoms with van der Waals surface area (Å²) < 4.78 is 17.8. The van der Waals surface area contributed by atoms with Gasteiger partial charge in [-0.05, 0) is 44.9 Å². The second-order valence-corrected chi connectivity index (χ2v) is 8.84. The zero-order valence-corrected chi connectivity index (χ0v) is 18.2. The van der Waals surface area contributed by atoms with Crippen molar-refractivity contribution in [3.05, 3.63) is 60.2 Å². The molecule has 0 aliphatic carbocycles. The minimum Gasteiger partial charge on any atom is -0.469 e. The summed E-state index contributed by atoms with van der Waals surface area (Å²) in [6.07, 6.45) is 0.162. The van der Waals surface area contributed by atoms with E-state index in [1.165, 1.54) is 7.11 Å². The molecule has 5 nitrogen and oxygen atoms in total. The van der Waals surface area contributed by atoms with Gasteiger partial charge in [-0.25, -0.2) is 0 Å². The van der Waals surface area contributed by atoms with E-state index in [1.54, 1.807) is 0 Å². The molecule has 1 atom stereocenters. The van der Waals surface area contributed by atoms with Crippen LogP contribution >= 0.6 is 0 Å². The summed E-state index contributed by atoms with van der Waals surface area (Å²) in [5.74, 6) is -0.621. The van der Waals surface area contributed by atoms with Crippen molar-refractivity contribution in [1.29, 1.82) is 0 Å². The van der Waals surface area contributed by atoms with Crippen LogP contribution in [0.25, 0.3) is 22.2 Å². The first-order chi connectivity index (χ1) is 14.2. The molecular weight excluding hydrogens is 377 g/mol. The third-order valence-electron chi connectivity index (χ3n) is 6.39. The molecule has 2 aromatic carbocycles. The fourth-order valence-electron chi connectivity index (χ4n) is 4.03. The van der Waals surface area contributed by atoms with Crippen LogP contribution < -0.4 is 0 Å². The molecule has 30 heavy (non-hydrogen) atoms. The molecule has 0 spiro atoms. The third kappa shape index (κ3) is 3.55. The Bertz CT molecular complexity index is 1040. The zero-order chi connectivity index (χ0) is 21.5. The molecule has 6 heteroatoms. The van der Waals surface area contributed by atoms with Crippen LogP contribution in [0.1, 0.15) is 45.5 Å². The number of carbonyl (C=O) groups is 1. The van der Waals surface area contributed by atoms with Gasteiger partial charge >= 0.3 is 13.1 Å². The number of para-hydroxylation sites is 1. The van der Waals surface area contributed by atoms with Gasteiger partial charge in [0.25, 0.3) is 0 Å². The number of esters is 1. The maximum Gasteiger partial charge on any atom is 0.466 e. The Labute approximate surface area is 177 Å². The number of hydrogen-bond donors (Lipinski definition) is 1. The highest BCUT2D eigenvalue weighted by Gasteiger charge is 2.55. The molecule has 0 bridgehead atoms. The lowest BCUT2D eigenvalue weighted by Crippen LogP contribution is -2.41.